The van der Waals surface area contributed by atoms with Crippen LogP contribution in [0.4, 0.5) is 22.0 Å². The Morgan fingerprint density at radius 3 is 2.41 bits per heavy atom. The first-order chi connectivity index (χ1) is 17.5. The lowest BCUT2D eigenvalue weighted by Gasteiger charge is -2.17. The van der Waals surface area contributed by atoms with Crippen molar-refractivity contribution in [2.45, 2.75) is 19.1 Å². The molecule has 0 saturated carbocycles. The van der Waals surface area contributed by atoms with Gasteiger partial charge in [-0.25, -0.2) is 8.78 Å². The van der Waals surface area contributed by atoms with Crippen molar-refractivity contribution in [3.8, 4) is 27.1 Å². The number of benzene rings is 2. The van der Waals surface area contributed by atoms with Gasteiger partial charge >= 0.3 is 12.1 Å². The fourth-order valence-electron chi connectivity index (χ4n) is 3.80. The summed E-state index contributed by atoms with van der Waals surface area (Å²) in [5.41, 5.74) is -3.08. The van der Waals surface area contributed by atoms with E-state index in [1.165, 1.54) is 12.1 Å². The van der Waals surface area contributed by atoms with Crippen molar-refractivity contribution >= 4 is 17.3 Å². The molecule has 11 heteroatoms. The van der Waals surface area contributed by atoms with E-state index in [2.05, 4.69) is 0 Å². The van der Waals surface area contributed by atoms with Gasteiger partial charge in [0.25, 0.3) is 5.56 Å². The van der Waals surface area contributed by atoms with Crippen molar-refractivity contribution in [1.29, 1.82) is 5.26 Å². The number of carboxylic acid groups (broad SMARTS) is 1. The summed E-state index contributed by atoms with van der Waals surface area (Å²) in [6.45, 7) is -0.547. The number of nitrogens with zero attached hydrogens (tertiary/aromatic N) is 2. The lowest BCUT2D eigenvalue weighted by Crippen LogP contribution is -2.28. The summed E-state index contributed by atoms with van der Waals surface area (Å²) in [4.78, 5) is 24.9. The molecular weight excluding hydrogens is 515 g/mol. The lowest BCUT2D eigenvalue weighted by atomic mass is 10.1. The van der Waals surface area contributed by atoms with Gasteiger partial charge in [0.15, 0.2) is 0 Å². The van der Waals surface area contributed by atoms with Gasteiger partial charge < -0.3 is 9.67 Å². The van der Waals surface area contributed by atoms with E-state index in [0.717, 1.165) is 28.0 Å². The summed E-state index contributed by atoms with van der Waals surface area (Å²) >= 11 is 1.03. The Kier molecular flexibility index (Phi) is 6.96. The minimum atomic E-state index is -5.01. The Balaban J connectivity index is 1.89. The van der Waals surface area contributed by atoms with Crippen LogP contribution in [-0.2, 0) is 23.9 Å². The maximum Gasteiger partial charge on any atom is 0.417 e. The molecule has 0 fully saturated rings. The van der Waals surface area contributed by atoms with Gasteiger partial charge in [0, 0.05) is 16.5 Å². The molecule has 0 unspecified atom stereocenters. The van der Waals surface area contributed by atoms with Crippen LogP contribution in [0.1, 0.15) is 22.3 Å². The molecule has 0 aliphatic carbocycles. The number of rotatable bonds is 6. The normalized spacial score (nSPS) is 11.4. The molecule has 2 aromatic carbocycles. The third-order valence-corrected chi connectivity index (χ3v) is 6.64. The molecule has 0 bridgehead atoms. The van der Waals surface area contributed by atoms with Gasteiger partial charge in [0.2, 0.25) is 0 Å². The highest BCUT2D eigenvalue weighted by Gasteiger charge is 2.36. The van der Waals surface area contributed by atoms with Crippen LogP contribution in [0.15, 0.2) is 65.5 Å². The van der Waals surface area contributed by atoms with Crippen molar-refractivity contribution in [2.24, 2.45) is 0 Å². The van der Waals surface area contributed by atoms with Crippen molar-refractivity contribution in [2.75, 3.05) is 0 Å². The third kappa shape index (κ3) is 5.44. The molecule has 0 atom stereocenters. The minimum absolute atomic E-state index is 0.161. The molecule has 5 nitrogen and oxygen atoms in total. The van der Waals surface area contributed by atoms with Gasteiger partial charge in [-0.1, -0.05) is 24.3 Å². The van der Waals surface area contributed by atoms with Gasteiger partial charge in [-0.05, 0) is 41.5 Å². The molecule has 1 N–H and O–H groups in total. The zero-order valence-electron chi connectivity index (χ0n) is 18.6. The van der Waals surface area contributed by atoms with Crippen LogP contribution < -0.4 is 5.56 Å². The zero-order valence-corrected chi connectivity index (χ0v) is 19.5. The number of pyridine rings is 1. The van der Waals surface area contributed by atoms with Crippen molar-refractivity contribution in [3.63, 3.8) is 0 Å². The van der Waals surface area contributed by atoms with Crippen LogP contribution in [0, 0.1) is 23.0 Å². The van der Waals surface area contributed by atoms with Crippen LogP contribution in [0.2, 0.25) is 0 Å². The van der Waals surface area contributed by atoms with E-state index in [1.54, 1.807) is 30.3 Å². The van der Waals surface area contributed by atoms with E-state index in [1.807, 2.05) is 0 Å². The van der Waals surface area contributed by atoms with Crippen LogP contribution >= 0.6 is 11.3 Å². The number of aromatic nitrogens is 1. The highest BCUT2D eigenvalue weighted by atomic mass is 32.1. The number of hydrogen-bond acceptors (Lipinski definition) is 4. The number of alkyl halides is 3. The Morgan fingerprint density at radius 1 is 1.03 bits per heavy atom. The van der Waals surface area contributed by atoms with Gasteiger partial charge in [-0.2, -0.15) is 18.4 Å². The summed E-state index contributed by atoms with van der Waals surface area (Å²) in [5.74, 6) is -2.90. The second-order valence-electron chi connectivity index (χ2n) is 7.99. The molecule has 188 valence electrons. The molecular formula is C26H15F5N2O3S. The topological polar surface area (TPSA) is 83.1 Å². The summed E-state index contributed by atoms with van der Waals surface area (Å²) in [5, 5.41) is 18.4. The van der Waals surface area contributed by atoms with Crippen LogP contribution in [-0.4, -0.2) is 15.6 Å². The fourth-order valence-corrected chi connectivity index (χ4v) is 4.83. The summed E-state index contributed by atoms with van der Waals surface area (Å²) < 4.78 is 69.8. The third-order valence-electron chi connectivity index (χ3n) is 5.49. The smallest absolute Gasteiger partial charge is 0.417 e. The van der Waals surface area contributed by atoms with Crippen LogP contribution in [0.3, 0.4) is 0 Å². The van der Waals surface area contributed by atoms with E-state index in [9.17, 15) is 36.8 Å². The number of carbonyl (C=O) groups is 1. The van der Waals surface area contributed by atoms with Gasteiger partial charge in [0.1, 0.15) is 23.3 Å². The number of thiophene rings is 1. The second kappa shape index (κ2) is 9.99. The quantitative estimate of drug-likeness (QED) is 0.306. The predicted octanol–water partition coefficient (Wildman–Crippen LogP) is 6.09. The largest absolute Gasteiger partial charge is 0.481 e. The second-order valence-corrected chi connectivity index (χ2v) is 9.07. The monoisotopic (exact) mass is 530 g/mol. The molecule has 0 aliphatic rings. The standard InChI is InChI=1S/C26H15F5N2O3S/c27-17-5-4-16(20(28)10-17)13-33-21(11-19(26(29,30)31)18(12-32)25(33)36)23-7-6-22(37-23)15-3-1-2-14(8-15)9-24(34)35/h1-8,10-11H,9,13H2,(H,34,35). The molecule has 37 heavy (non-hydrogen) atoms. The Hall–Kier alpha value is -4.30. The molecule has 4 rings (SSSR count). The van der Waals surface area contributed by atoms with Crippen molar-refractivity contribution in [1.82, 2.24) is 4.57 Å². The van der Waals surface area contributed by atoms with E-state index in [4.69, 9.17) is 5.11 Å². The van der Waals surface area contributed by atoms with Gasteiger partial charge in [-0.15, -0.1) is 11.3 Å². The Morgan fingerprint density at radius 2 is 1.76 bits per heavy atom. The first kappa shape index (κ1) is 25.8. The number of aliphatic carboxylic acids is 1. The zero-order chi connectivity index (χ0) is 26.9. The number of hydrogen-bond donors (Lipinski definition) is 1. The van der Waals surface area contributed by atoms with Gasteiger partial charge in [0.05, 0.1) is 29.1 Å². The predicted molar refractivity (Wildman–Crippen MR) is 126 cm³/mol. The van der Waals surface area contributed by atoms with E-state index in [0.29, 0.717) is 28.1 Å². The maximum atomic E-state index is 14.4. The molecule has 0 saturated heterocycles. The van der Waals surface area contributed by atoms with Crippen LogP contribution in [0.5, 0.6) is 0 Å². The minimum Gasteiger partial charge on any atom is -0.481 e. The van der Waals surface area contributed by atoms with Crippen molar-refractivity contribution in [3.05, 3.63) is 105 Å². The highest BCUT2D eigenvalue weighted by molar-refractivity contribution is 7.18. The maximum absolute atomic E-state index is 14.4. The molecule has 4 aromatic rings. The molecule has 0 amide bonds. The molecule has 2 aromatic heterocycles. The summed E-state index contributed by atoms with van der Waals surface area (Å²) in [7, 11) is 0. The van der Waals surface area contributed by atoms with E-state index >= 15 is 0 Å². The summed E-state index contributed by atoms with van der Waals surface area (Å²) in [6, 6.07) is 14.2. The molecule has 2 heterocycles. The molecule has 0 radical (unpaired) electrons. The average Bonchev–Trinajstić information content (AvgIpc) is 3.31. The van der Waals surface area contributed by atoms with Gasteiger partial charge in [-0.3, -0.25) is 9.59 Å². The van der Waals surface area contributed by atoms with Crippen LogP contribution in [0.25, 0.3) is 21.0 Å². The highest BCUT2D eigenvalue weighted by Crippen LogP contribution is 2.38. The average molecular weight is 530 g/mol. The lowest BCUT2D eigenvalue weighted by molar-refractivity contribution is -0.138. The SMILES string of the molecule is N#Cc1c(C(F)(F)F)cc(-c2ccc(-c3cccc(CC(=O)O)c3)s2)n(Cc2ccc(F)cc2F)c1=O. The Labute approximate surface area is 210 Å². The number of carboxylic acids is 1. The molecule has 0 aliphatic heterocycles. The first-order valence-electron chi connectivity index (χ1n) is 10.6. The Bertz CT molecular complexity index is 1620. The molecule has 0 spiro atoms. The summed E-state index contributed by atoms with van der Waals surface area (Å²) in [6.07, 6.45) is -5.23. The number of nitriles is 1. The number of halogens is 5. The first-order valence-corrected chi connectivity index (χ1v) is 11.4. The van der Waals surface area contributed by atoms with Crippen molar-refractivity contribution < 1.29 is 31.9 Å². The van der Waals surface area contributed by atoms with E-state index in [-0.39, 0.29) is 22.6 Å². The van der Waals surface area contributed by atoms with E-state index < -0.39 is 47.0 Å². The fraction of sp³-hybridized carbons (Fsp3) is 0.115.